The molecule has 36 heavy (non-hydrogen) atoms. The summed E-state index contributed by atoms with van der Waals surface area (Å²) in [5.74, 6) is 1.89. The molecule has 0 saturated heterocycles. The third-order valence-corrected chi connectivity index (χ3v) is 6.01. The smallest absolute Gasteiger partial charge is 0.271 e. The second-order valence-corrected chi connectivity index (χ2v) is 9.36. The Morgan fingerprint density at radius 1 is 0.944 bits per heavy atom. The monoisotopic (exact) mass is 618 g/mol. The lowest BCUT2D eigenvalue weighted by atomic mass is 10.2. The van der Waals surface area contributed by atoms with Crippen molar-refractivity contribution >= 4 is 44.0 Å². The van der Waals surface area contributed by atoms with Gasteiger partial charge in [0.1, 0.15) is 6.61 Å². The van der Waals surface area contributed by atoms with E-state index < -0.39 is 0 Å². The van der Waals surface area contributed by atoms with E-state index in [0.29, 0.717) is 58.4 Å². The van der Waals surface area contributed by atoms with Gasteiger partial charge in [-0.3, -0.25) is 4.79 Å². The van der Waals surface area contributed by atoms with Crippen molar-refractivity contribution in [3.05, 3.63) is 80.2 Å². The Hall–Kier alpha value is -3.04. The van der Waals surface area contributed by atoms with E-state index in [1.807, 2.05) is 44.2 Å². The molecule has 0 fully saturated rings. The molecule has 0 bridgehead atoms. The van der Waals surface area contributed by atoms with Crippen LogP contribution in [0.15, 0.2) is 68.6 Å². The van der Waals surface area contributed by atoms with E-state index in [9.17, 15) is 4.79 Å². The summed E-state index contributed by atoms with van der Waals surface area (Å²) < 4.78 is 24.5. The molecule has 0 radical (unpaired) electrons. The number of carbonyl (C=O) groups excluding carboxylic acids is 1. The van der Waals surface area contributed by atoms with Crippen molar-refractivity contribution in [2.24, 2.45) is 5.10 Å². The molecule has 3 aromatic carbocycles. The molecule has 0 aliphatic heterocycles. The summed E-state index contributed by atoms with van der Waals surface area (Å²) in [5.41, 5.74) is 4.70. The normalized spacial score (nSPS) is 10.8. The molecule has 0 spiro atoms. The molecular formula is C27H28Br2N2O5. The number of ether oxygens (including phenoxy) is 4. The SMILES string of the molecule is CCCOc1ccc(C(=O)N/N=C/c2cc(Br)c(OCc3ccc(Br)cc3)c(OC)c2)cc1OCC. The van der Waals surface area contributed by atoms with E-state index in [-0.39, 0.29) is 5.91 Å². The quantitative estimate of drug-likeness (QED) is 0.179. The third-order valence-electron chi connectivity index (χ3n) is 4.90. The van der Waals surface area contributed by atoms with E-state index >= 15 is 0 Å². The Balaban J connectivity index is 1.67. The van der Waals surface area contributed by atoms with Gasteiger partial charge in [-0.2, -0.15) is 5.10 Å². The van der Waals surface area contributed by atoms with Crippen molar-refractivity contribution in [2.75, 3.05) is 20.3 Å². The first-order valence-corrected chi connectivity index (χ1v) is 13.0. The standard InChI is InChI=1S/C27H28Br2N2O5/c1-4-12-35-23-11-8-20(15-24(23)34-5-2)27(32)31-30-16-19-13-22(29)26(25(14-19)33-3)36-17-18-6-9-21(28)10-7-18/h6-11,13-16H,4-5,12,17H2,1-3H3,(H,31,32)/b30-16+. The van der Waals surface area contributed by atoms with Crippen LogP contribution in [0.25, 0.3) is 0 Å². The second-order valence-electron chi connectivity index (χ2n) is 7.59. The number of amides is 1. The zero-order valence-electron chi connectivity index (χ0n) is 20.3. The number of halogens is 2. The zero-order chi connectivity index (χ0) is 25.9. The number of nitrogens with zero attached hydrogens (tertiary/aromatic N) is 1. The molecule has 3 rings (SSSR count). The van der Waals surface area contributed by atoms with E-state index in [2.05, 4.69) is 42.4 Å². The largest absolute Gasteiger partial charge is 0.493 e. The van der Waals surface area contributed by atoms with Gasteiger partial charge in [-0.05, 0) is 82.9 Å². The zero-order valence-corrected chi connectivity index (χ0v) is 23.5. The molecule has 3 aromatic rings. The van der Waals surface area contributed by atoms with Crippen LogP contribution in [-0.4, -0.2) is 32.4 Å². The fraction of sp³-hybridized carbons (Fsp3) is 0.259. The summed E-state index contributed by atoms with van der Waals surface area (Å²) in [6, 6.07) is 16.6. The minimum atomic E-state index is -0.366. The molecule has 190 valence electrons. The van der Waals surface area contributed by atoms with Gasteiger partial charge in [-0.25, -0.2) is 5.43 Å². The van der Waals surface area contributed by atoms with Gasteiger partial charge >= 0.3 is 0 Å². The lowest BCUT2D eigenvalue weighted by molar-refractivity contribution is 0.0954. The van der Waals surface area contributed by atoms with Crippen molar-refractivity contribution < 1.29 is 23.7 Å². The van der Waals surface area contributed by atoms with Crippen LogP contribution in [-0.2, 0) is 6.61 Å². The maximum Gasteiger partial charge on any atom is 0.271 e. The van der Waals surface area contributed by atoms with Crippen LogP contribution in [0.5, 0.6) is 23.0 Å². The Labute approximate surface area is 228 Å². The predicted molar refractivity (Wildman–Crippen MR) is 148 cm³/mol. The highest BCUT2D eigenvalue weighted by Crippen LogP contribution is 2.37. The summed E-state index contributed by atoms with van der Waals surface area (Å²) in [5, 5.41) is 4.10. The van der Waals surface area contributed by atoms with E-state index in [0.717, 1.165) is 16.5 Å². The molecule has 0 aliphatic rings. The average molecular weight is 620 g/mol. The van der Waals surface area contributed by atoms with E-state index in [1.165, 1.54) is 6.21 Å². The van der Waals surface area contributed by atoms with Crippen molar-refractivity contribution in [2.45, 2.75) is 26.9 Å². The number of nitrogens with one attached hydrogen (secondary N) is 1. The molecule has 0 unspecified atom stereocenters. The second kappa shape index (κ2) is 13.9. The minimum absolute atomic E-state index is 0.366. The third kappa shape index (κ3) is 7.73. The first-order chi connectivity index (χ1) is 17.4. The van der Waals surface area contributed by atoms with E-state index in [1.54, 1.807) is 31.4 Å². The van der Waals surface area contributed by atoms with Gasteiger partial charge in [0.15, 0.2) is 23.0 Å². The number of hydrogen-bond acceptors (Lipinski definition) is 6. The summed E-state index contributed by atoms with van der Waals surface area (Å²) in [7, 11) is 1.57. The van der Waals surface area contributed by atoms with Crippen LogP contribution in [0.2, 0.25) is 0 Å². The molecule has 0 heterocycles. The van der Waals surface area contributed by atoms with Crippen LogP contribution in [0.1, 0.15) is 41.8 Å². The topological polar surface area (TPSA) is 78.4 Å². The molecule has 7 nitrogen and oxygen atoms in total. The van der Waals surface area contributed by atoms with Crippen molar-refractivity contribution in [3.8, 4) is 23.0 Å². The van der Waals surface area contributed by atoms with Gasteiger partial charge in [0.25, 0.3) is 5.91 Å². The first kappa shape index (κ1) is 27.5. The lowest BCUT2D eigenvalue weighted by Crippen LogP contribution is -2.17. The minimum Gasteiger partial charge on any atom is -0.493 e. The average Bonchev–Trinajstić information content (AvgIpc) is 2.88. The van der Waals surface area contributed by atoms with Crippen molar-refractivity contribution in [1.82, 2.24) is 5.43 Å². The maximum absolute atomic E-state index is 12.6. The van der Waals surface area contributed by atoms with Gasteiger partial charge in [0.2, 0.25) is 0 Å². The van der Waals surface area contributed by atoms with Crippen LogP contribution in [0.4, 0.5) is 0 Å². The molecule has 0 atom stereocenters. The first-order valence-electron chi connectivity index (χ1n) is 11.4. The van der Waals surface area contributed by atoms with Crippen LogP contribution >= 0.6 is 31.9 Å². The number of rotatable bonds is 12. The van der Waals surface area contributed by atoms with E-state index in [4.69, 9.17) is 18.9 Å². The highest BCUT2D eigenvalue weighted by atomic mass is 79.9. The number of hydrazone groups is 1. The summed E-state index contributed by atoms with van der Waals surface area (Å²) >= 11 is 6.97. The molecule has 0 saturated carbocycles. The number of methoxy groups -OCH3 is 1. The Morgan fingerprint density at radius 2 is 1.72 bits per heavy atom. The predicted octanol–water partition coefficient (Wildman–Crippen LogP) is 6.75. The number of benzene rings is 3. The van der Waals surface area contributed by atoms with Crippen LogP contribution < -0.4 is 24.4 Å². The fourth-order valence-electron chi connectivity index (χ4n) is 3.17. The fourth-order valence-corrected chi connectivity index (χ4v) is 4.01. The van der Waals surface area contributed by atoms with Crippen molar-refractivity contribution in [3.63, 3.8) is 0 Å². The van der Waals surface area contributed by atoms with Crippen LogP contribution in [0.3, 0.4) is 0 Å². The van der Waals surface area contributed by atoms with Gasteiger partial charge < -0.3 is 18.9 Å². The van der Waals surface area contributed by atoms with Gasteiger partial charge in [-0.1, -0.05) is 35.0 Å². The van der Waals surface area contributed by atoms with Gasteiger partial charge in [-0.15, -0.1) is 0 Å². The summed E-state index contributed by atoms with van der Waals surface area (Å²) in [4.78, 5) is 12.6. The number of carbonyl (C=O) groups is 1. The lowest BCUT2D eigenvalue weighted by Gasteiger charge is -2.14. The Morgan fingerprint density at radius 3 is 2.42 bits per heavy atom. The molecule has 0 aliphatic carbocycles. The highest BCUT2D eigenvalue weighted by molar-refractivity contribution is 9.10. The van der Waals surface area contributed by atoms with Crippen molar-refractivity contribution in [1.29, 1.82) is 0 Å². The highest BCUT2D eigenvalue weighted by Gasteiger charge is 2.13. The summed E-state index contributed by atoms with van der Waals surface area (Å²) in [6.07, 6.45) is 2.41. The number of hydrogen-bond donors (Lipinski definition) is 1. The van der Waals surface area contributed by atoms with Crippen LogP contribution in [0, 0.1) is 0 Å². The summed E-state index contributed by atoms with van der Waals surface area (Å²) in [6.45, 7) is 5.33. The van der Waals surface area contributed by atoms with Gasteiger partial charge in [0, 0.05) is 10.0 Å². The molecule has 9 heteroatoms. The maximum atomic E-state index is 12.6. The molecule has 0 aromatic heterocycles. The Kier molecular flexibility index (Phi) is 10.6. The molecular weight excluding hydrogens is 592 g/mol. The van der Waals surface area contributed by atoms with Gasteiger partial charge in [0.05, 0.1) is 31.0 Å². The molecule has 1 amide bonds. The Bertz CT molecular complexity index is 1200. The molecule has 1 N–H and O–H groups in total.